The molecule has 0 fully saturated rings. The summed E-state index contributed by atoms with van der Waals surface area (Å²) in [5, 5.41) is 9.45. The zero-order valence-electron chi connectivity index (χ0n) is 13.7. The molecule has 2 aromatic heterocycles. The van der Waals surface area contributed by atoms with E-state index in [-0.39, 0.29) is 24.1 Å². The lowest BCUT2D eigenvalue weighted by atomic mass is 10.0. The molecule has 0 aliphatic carbocycles. The van der Waals surface area contributed by atoms with E-state index in [9.17, 15) is 23.5 Å². The summed E-state index contributed by atoms with van der Waals surface area (Å²) in [6, 6.07) is 4.13. The molecule has 3 rings (SSSR count). The van der Waals surface area contributed by atoms with Crippen molar-refractivity contribution >= 4 is 21.9 Å². The number of aromatic carboxylic acids is 1. The normalized spacial score (nSPS) is 10.8. The van der Waals surface area contributed by atoms with Crippen molar-refractivity contribution in [2.45, 2.75) is 13.0 Å². The Bertz CT molecular complexity index is 1070. The summed E-state index contributed by atoms with van der Waals surface area (Å²) in [5.41, 5.74) is -1.37. The highest BCUT2D eigenvalue weighted by molar-refractivity contribution is 9.10. The summed E-state index contributed by atoms with van der Waals surface area (Å²) < 4.78 is 30.2. The molecule has 3 aromatic rings. The van der Waals surface area contributed by atoms with Gasteiger partial charge in [0, 0.05) is 35.0 Å². The van der Waals surface area contributed by atoms with Gasteiger partial charge in [-0.1, -0.05) is 22.0 Å². The van der Waals surface area contributed by atoms with Crippen LogP contribution in [0.4, 0.5) is 8.78 Å². The minimum atomic E-state index is -1.42. The van der Waals surface area contributed by atoms with Crippen LogP contribution in [0.2, 0.25) is 0 Å². The number of nitrogens with zero attached hydrogens (tertiary/aromatic N) is 3. The summed E-state index contributed by atoms with van der Waals surface area (Å²) in [6.07, 6.45) is 4.89. The van der Waals surface area contributed by atoms with Crippen molar-refractivity contribution in [2.24, 2.45) is 0 Å². The number of rotatable bonds is 5. The molecule has 2 heterocycles. The first kappa shape index (κ1) is 18.8. The van der Waals surface area contributed by atoms with E-state index in [2.05, 4.69) is 25.9 Å². The van der Waals surface area contributed by atoms with Gasteiger partial charge in [-0.15, -0.1) is 0 Å². The van der Waals surface area contributed by atoms with E-state index >= 15 is 0 Å². The quantitative estimate of drug-likeness (QED) is 0.665. The molecule has 0 aliphatic heterocycles. The summed E-state index contributed by atoms with van der Waals surface area (Å²) in [7, 11) is 0. The minimum Gasteiger partial charge on any atom is -0.478 e. The molecule has 0 spiro atoms. The van der Waals surface area contributed by atoms with Crippen molar-refractivity contribution in [3.63, 3.8) is 0 Å². The fraction of sp³-hybridized carbons (Fsp3) is 0.111. The molecular weight excluding hydrogens is 424 g/mol. The van der Waals surface area contributed by atoms with Crippen molar-refractivity contribution in [3.05, 3.63) is 91.8 Å². The lowest BCUT2D eigenvalue weighted by Gasteiger charge is -2.12. The number of hydrogen-bond acceptors (Lipinski definition) is 4. The number of pyridine rings is 1. The molecule has 0 unspecified atom stereocenters. The second-order valence-electron chi connectivity index (χ2n) is 5.68. The van der Waals surface area contributed by atoms with E-state index in [1.165, 1.54) is 30.7 Å². The predicted octanol–water partition coefficient (Wildman–Crippen LogP) is 3.02. The van der Waals surface area contributed by atoms with Gasteiger partial charge in [-0.05, 0) is 17.7 Å². The van der Waals surface area contributed by atoms with E-state index in [4.69, 9.17) is 0 Å². The first-order chi connectivity index (χ1) is 12.9. The lowest BCUT2D eigenvalue weighted by molar-refractivity contribution is 0.0694. The molecule has 27 heavy (non-hydrogen) atoms. The monoisotopic (exact) mass is 435 g/mol. The van der Waals surface area contributed by atoms with Gasteiger partial charge in [-0.3, -0.25) is 14.8 Å². The van der Waals surface area contributed by atoms with Crippen LogP contribution < -0.4 is 5.56 Å². The van der Waals surface area contributed by atoms with Crippen LogP contribution in [0.1, 0.15) is 27.2 Å². The van der Waals surface area contributed by atoms with Crippen LogP contribution in [-0.2, 0) is 13.0 Å². The van der Waals surface area contributed by atoms with E-state index in [1.54, 1.807) is 6.07 Å². The third-order valence-corrected chi connectivity index (χ3v) is 4.38. The number of benzene rings is 1. The van der Waals surface area contributed by atoms with E-state index in [0.717, 1.165) is 10.8 Å². The largest absolute Gasteiger partial charge is 0.478 e. The molecule has 1 N–H and O–H groups in total. The first-order valence-electron chi connectivity index (χ1n) is 7.70. The number of carbonyl (C=O) groups is 1. The van der Waals surface area contributed by atoms with Gasteiger partial charge in [0.25, 0.3) is 5.56 Å². The number of hydrogen-bond donors (Lipinski definition) is 1. The Morgan fingerprint density at radius 1 is 1.26 bits per heavy atom. The highest BCUT2D eigenvalue weighted by Crippen LogP contribution is 2.21. The van der Waals surface area contributed by atoms with E-state index < -0.39 is 28.7 Å². The topological polar surface area (TPSA) is 85.1 Å². The predicted molar refractivity (Wildman–Crippen MR) is 95.7 cm³/mol. The highest BCUT2D eigenvalue weighted by atomic mass is 79.9. The maximum Gasteiger partial charge on any atom is 0.337 e. The number of aromatic nitrogens is 3. The van der Waals surface area contributed by atoms with Gasteiger partial charge >= 0.3 is 5.97 Å². The van der Waals surface area contributed by atoms with Crippen LogP contribution in [-0.4, -0.2) is 25.6 Å². The van der Waals surface area contributed by atoms with Gasteiger partial charge in [-0.25, -0.2) is 13.6 Å². The minimum absolute atomic E-state index is 0.0747. The van der Waals surface area contributed by atoms with Gasteiger partial charge in [0.1, 0.15) is 5.82 Å². The molecule has 0 atom stereocenters. The lowest BCUT2D eigenvalue weighted by Crippen LogP contribution is -2.28. The Kier molecular flexibility index (Phi) is 5.41. The first-order valence-corrected chi connectivity index (χ1v) is 8.50. The summed E-state index contributed by atoms with van der Waals surface area (Å²) in [6.45, 7) is -0.142. The zero-order chi connectivity index (χ0) is 19.6. The Hall–Kier alpha value is -2.94. The smallest absolute Gasteiger partial charge is 0.337 e. The van der Waals surface area contributed by atoms with Crippen LogP contribution in [0.3, 0.4) is 0 Å². The van der Waals surface area contributed by atoms with Crippen molar-refractivity contribution in [3.8, 4) is 0 Å². The van der Waals surface area contributed by atoms with Crippen molar-refractivity contribution < 1.29 is 18.7 Å². The fourth-order valence-corrected chi connectivity index (χ4v) is 2.92. The molecule has 0 saturated heterocycles. The standard InChI is InChI=1S/C18H12BrF2N3O3/c19-11-2-1-10(15(20)6-11)5-13-14(18(26)27)9-24(17(25)16(13)21)8-12-7-22-3-4-23-12/h1-4,6-7,9H,5,8H2,(H,26,27). The van der Waals surface area contributed by atoms with Crippen molar-refractivity contribution in [1.29, 1.82) is 0 Å². The average molecular weight is 436 g/mol. The SMILES string of the molecule is O=C(O)c1cn(Cc2cnccn2)c(=O)c(F)c1Cc1ccc(Br)cc1F. The Morgan fingerprint density at radius 3 is 2.67 bits per heavy atom. The van der Waals surface area contributed by atoms with Crippen LogP contribution in [0.25, 0.3) is 0 Å². The number of carboxylic acid groups (broad SMARTS) is 1. The maximum atomic E-state index is 14.7. The van der Waals surface area contributed by atoms with Crippen LogP contribution >= 0.6 is 15.9 Å². The number of halogens is 3. The van der Waals surface area contributed by atoms with Crippen LogP contribution in [0.5, 0.6) is 0 Å². The van der Waals surface area contributed by atoms with Crippen LogP contribution in [0, 0.1) is 11.6 Å². The Labute approximate surface area is 160 Å². The second kappa shape index (κ2) is 7.75. The molecule has 0 aliphatic rings. The summed E-state index contributed by atoms with van der Waals surface area (Å²) >= 11 is 3.11. The molecular formula is C18H12BrF2N3O3. The fourth-order valence-electron chi connectivity index (χ4n) is 2.58. The molecule has 1 aromatic carbocycles. The second-order valence-corrected chi connectivity index (χ2v) is 6.60. The summed E-state index contributed by atoms with van der Waals surface area (Å²) in [5.74, 6) is -3.29. The molecule has 138 valence electrons. The van der Waals surface area contributed by atoms with Gasteiger partial charge in [0.2, 0.25) is 0 Å². The van der Waals surface area contributed by atoms with E-state index in [0.29, 0.717) is 10.2 Å². The molecule has 0 radical (unpaired) electrons. The van der Waals surface area contributed by atoms with Gasteiger partial charge < -0.3 is 9.67 Å². The molecule has 9 heteroatoms. The van der Waals surface area contributed by atoms with Crippen molar-refractivity contribution in [2.75, 3.05) is 0 Å². The third-order valence-electron chi connectivity index (χ3n) is 3.89. The molecule has 0 bridgehead atoms. The van der Waals surface area contributed by atoms with Crippen LogP contribution in [0.15, 0.2) is 52.3 Å². The Balaban J connectivity index is 2.07. The van der Waals surface area contributed by atoms with Gasteiger partial charge in [-0.2, -0.15) is 0 Å². The van der Waals surface area contributed by atoms with Gasteiger partial charge in [0.05, 0.1) is 24.0 Å². The maximum absolute atomic E-state index is 14.7. The Morgan fingerprint density at radius 2 is 2.04 bits per heavy atom. The zero-order valence-corrected chi connectivity index (χ0v) is 15.3. The van der Waals surface area contributed by atoms with Crippen molar-refractivity contribution in [1.82, 2.24) is 14.5 Å². The third kappa shape index (κ3) is 4.08. The van der Waals surface area contributed by atoms with Gasteiger partial charge in [0.15, 0.2) is 5.82 Å². The van der Waals surface area contributed by atoms with E-state index in [1.807, 2.05) is 0 Å². The average Bonchev–Trinajstić information content (AvgIpc) is 2.63. The highest BCUT2D eigenvalue weighted by Gasteiger charge is 2.22. The molecule has 6 nitrogen and oxygen atoms in total. The molecule has 0 saturated carbocycles. The molecule has 0 amide bonds. The summed E-state index contributed by atoms with van der Waals surface area (Å²) in [4.78, 5) is 31.8. The number of carboxylic acids is 1.